The molecule has 0 unspecified atom stereocenters. The van der Waals surface area contributed by atoms with Gasteiger partial charge < -0.3 is 10.2 Å². The topological polar surface area (TPSA) is 40.5 Å². The highest BCUT2D eigenvalue weighted by Crippen LogP contribution is 2.40. The first-order valence-electron chi connectivity index (χ1n) is 3.97. The van der Waals surface area contributed by atoms with Crippen LogP contribution in [0.5, 0.6) is 0 Å². The molecule has 1 aliphatic carbocycles. The van der Waals surface area contributed by atoms with Crippen molar-refractivity contribution in [2.75, 3.05) is 6.61 Å². The van der Waals surface area contributed by atoms with Crippen LogP contribution in [0.1, 0.15) is 20.8 Å². The van der Waals surface area contributed by atoms with Crippen LogP contribution in [0.4, 0.5) is 0 Å². The fourth-order valence-electron chi connectivity index (χ4n) is 1.84. The highest BCUT2D eigenvalue weighted by Gasteiger charge is 2.39. The molecule has 0 aromatic carbocycles. The van der Waals surface area contributed by atoms with E-state index in [0.29, 0.717) is 0 Å². The molecule has 2 nitrogen and oxygen atoms in total. The average Bonchev–Trinajstić information content (AvgIpc) is 2.03. The van der Waals surface area contributed by atoms with Crippen molar-refractivity contribution in [3.63, 3.8) is 0 Å². The van der Waals surface area contributed by atoms with Crippen LogP contribution in [0.3, 0.4) is 0 Å². The third kappa shape index (κ3) is 1.33. The van der Waals surface area contributed by atoms with Crippen molar-refractivity contribution in [3.8, 4) is 0 Å². The van der Waals surface area contributed by atoms with E-state index in [1.54, 1.807) is 0 Å². The number of allylic oxidation sites excluding steroid dienone is 1. The van der Waals surface area contributed by atoms with E-state index in [0.717, 1.165) is 5.57 Å². The SMILES string of the molecule is CC1=CC(C)(C)[C@H](CO)[C@@H]1O. The summed E-state index contributed by atoms with van der Waals surface area (Å²) in [6.07, 6.45) is 1.59. The Labute approximate surface area is 67.6 Å². The third-order valence-electron chi connectivity index (χ3n) is 2.60. The lowest BCUT2D eigenvalue weighted by Crippen LogP contribution is -2.30. The monoisotopic (exact) mass is 156 g/mol. The van der Waals surface area contributed by atoms with Gasteiger partial charge in [0, 0.05) is 12.5 Å². The van der Waals surface area contributed by atoms with Crippen LogP contribution in [0, 0.1) is 11.3 Å². The molecule has 0 spiro atoms. The van der Waals surface area contributed by atoms with E-state index in [9.17, 15) is 5.11 Å². The summed E-state index contributed by atoms with van der Waals surface area (Å²) in [4.78, 5) is 0. The Kier molecular flexibility index (Phi) is 2.08. The van der Waals surface area contributed by atoms with E-state index in [1.165, 1.54) is 0 Å². The quantitative estimate of drug-likeness (QED) is 0.555. The van der Waals surface area contributed by atoms with Gasteiger partial charge in [-0.1, -0.05) is 19.9 Å². The van der Waals surface area contributed by atoms with E-state index in [2.05, 4.69) is 0 Å². The molecule has 0 fully saturated rings. The average molecular weight is 156 g/mol. The van der Waals surface area contributed by atoms with E-state index in [1.807, 2.05) is 26.8 Å². The molecule has 0 amide bonds. The Bertz CT molecular complexity index is 182. The fraction of sp³-hybridized carbons (Fsp3) is 0.778. The Morgan fingerprint density at radius 2 is 2.09 bits per heavy atom. The number of hydrogen-bond donors (Lipinski definition) is 2. The summed E-state index contributed by atoms with van der Waals surface area (Å²) in [7, 11) is 0. The van der Waals surface area contributed by atoms with Gasteiger partial charge in [-0.2, -0.15) is 0 Å². The lowest BCUT2D eigenvalue weighted by atomic mass is 9.82. The van der Waals surface area contributed by atoms with Gasteiger partial charge in [-0.15, -0.1) is 0 Å². The van der Waals surface area contributed by atoms with E-state index in [-0.39, 0.29) is 17.9 Å². The molecule has 0 radical (unpaired) electrons. The lowest BCUT2D eigenvalue weighted by Gasteiger charge is -2.26. The van der Waals surface area contributed by atoms with Crippen molar-refractivity contribution >= 4 is 0 Å². The molecule has 2 heteroatoms. The molecule has 0 heterocycles. The number of rotatable bonds is 1. The molecule has 0 aliphatic heterocycles. The third-order valence-corrected chi connectivity index (χ3v) is 2.60. The summed E-state index contributed by atoms with van der Waals surface area (Å²) < 4.78 is 0. The first-order valence-corrected chi connectivity index (χ1v) is 3.97. The van der Waals surface area contributed by atoms with E-state index >= 15 is 0 Å². The second kappa shape index (κ2) is 2.61. The van der Waals surface area contributed by atoms with Gasteiger partial charge in [0.2, 0.25) is 0 Å². The minimum Gasteiger partial charge on any atom is -0.396 e. The summed E-state index contributed by atoms with van der Waals surface area (Å²) in [6, 6.07) is 0. The van der Waals surface area contributed by atoms with Crippen LogP contribution in [0.2, 0.25) is 0 Å². The molecule has 2 N–H and O–H groups in total. The molecule has 1 rings (SSSR count). The minimum atomic E-state index is -0.449. The molecular weight excluding hydrogens is 140 g/mol. The van der Waals surface area contributed by atoms with Gasteiger partial charge in [0.15, 0.2) is 0 Å². The van der Waals surface area contributed by atoms with Crippen molar-refractivity contribution < 1.29 is 10.2 Å². The molecule has 0 saturated heterocycles. The molecule has 0 aromatic heterocycles. The predicted molar refractivity (Wildman–Crippen MR) is 44.1 cm³/mol. The van der Waals surface area contributed by atoms with Crippen LogP contribution >= 0.6 is 0 Å². The molecule has 1 aliphatic rings. The Morgan fingerprint density at radius 1 is 1.55 bits per heavy atom. The molecular formula is C9H16O2. The maximum Gasteiger partial charge on any atom is 0.0805 e. The van der Waals surface area contributed by atoms with Gasteiger partial charge in [-0.25, -0.2) is 0 Å². The van der Waals surface area contributed by atoms with Crippen LogP contribution < -0.4 is 0 Å². The van der Waals surface area contributed by atoms with Crippen LogP contribution in [-0.2, 0) is 0 Å². The Morgan fingerprint density at radius 3 is 2.27 bits per heavy atom. The smallest absolute Gasteiger partial charge is 0.0805 e. The molecule has 2 atom stereocenters. The molecule has 0 saturated carbocycles. The van der Waals surface area contributed by atoms with Crippen LogP contribution in [0.25, 0.3) is 0 Å². The fourth-order valence-corrected chi connectivity index (χ4v) is 1.84. The lowest BCUT2D eigenvalue weighted by molar-refractivity contribution is 0.0562. The van der Waals surface area contributed by atoms with Crippen molar-refractivity contribution in [1.29, 1.82) is 0 Å². The molecule has 64 valence electrons. The van der Waals surface area contributed by atoms with E-state index < -0.39 is 6.10 Å². The maximum absolute atomic E-state index is 9.56. The summed E-state index contributed by atoms with van der Waals surface area (Å²) in [5, 5.41) is 18.6. The van der Waals surface area contributed by atoms with Gasteiger partial charge in [0.1, 0.15) is 0 Å². The first kappa shape index (κ1) is 8.75. The number of aliphatic hydroxyl groups excluding tert-OH is 2. The number of aliphatic hydroxyl groups is 2. The van der Waals surface area contributed by atoms with Crippen molar-refractivity contribution in [1.82, 2.24) is 0 Å². The number of hydrogen-bond acceptors (Lipinski definition) is 2. The summed E-state index contributed by atoms with van der Waals surface area (Å²) in [5.74, 6) is -0.0255. The molecule has 0 aromatic rings. The standard InChI is InChI=1S/C9H16O2/c1-6-4-9(2,3)7(5-10)8(6)11/h4,7-8,10-11H,5H2,1-3H3/t7-,8-/m1/s1. The molecule has 11 heavy (non-hydrogen) atoms. The maximum atomic E-state index is 9.56. The summed E-state index contributed by atoms with van der Waals surface area (Å²) in [5.41, 5.74) is 0.923. The van der Waals surface area contributed by atoms with Crippen LogP contribution in [-0.4, -0.2) is 22.9 Å². The molecule has 0 bridgehead atoms. The zero-order chi connectivity index (χ0) is 8.65. The van der Waals surface area contributed by atoms with Crippen molar-refractivity contribution in [3.05, 3.63) is 11.6 Å². The highest BCUT2D eigenvalue weighted by atomic mass is 16.3. The summed E-state index contributed by atoms with van der Waals surface area (Å²) in [6.45, 7) is 6.03. The van der Waals surface area contributed by atoms with Gasteiger partial charge >= 0.3 is 0 Å². The van der Waals surface area contributed by atoms with Gasteiger partial charge in [-0.3, -0.25) is 0 Å². The highest BCUT2D eigenvalue weighted by molar-refractivity contribution is 5.21. The van der Waals surface area contributed by atoms with E-state index in [4.69, 9.17) is 5.11 Å². The summed E-state index contributed by atoms with van der Waals surface area (Å²) >= 11 is 0. The Balaban J connectivity index is 2.85. The van der Waals surface area contributed by atoms with Crippen molar-refractivity contribution in [2.45, 2.75) is 26.9 Å². The zero-order valence-corrected chi connectivity index (χ0v) is 7.33. The van der Waals surface area contributed by atoms with Gasteiger partial charge in [-0.05, 0) is 17.9 Å². The first-order chi connectivity index (χ1) is 4.99. The second-order valence-corrected chi connectivity index (χ2v) is 3.94. The predicted octanol–water partition coefficient (Wildman–Crippen LogP) is 0.942. The zero-order valence-electron chi connectivity index (χ0n) is 7.33. The Hall–Kier alpha value is -0.340. The minimum absolute atomic E-state index is 0.0255. The van der Waals surface area contributed by atoms with Crippen molar-refractivity contribution in [2.24, 2.45) is 11.3 Å². The van der Waals surface area contributed by atoms with Crippen LogP contribution in [0.15, 0.2) is 11.6 Å². The second-order valence-electron chi connectivity index (χ2n) is 3.94. The van der Waals surface area contributed by atoms with Gasteiger partial charge in [0.25, 0.3) is 0 Å². The normalized spacial score (nSPS) is 35.5. The largest absolute Gasteiger partial charge is 0.396 e. The van der Waals surface area contributed by atoms with Gasteiger partial charge in [0.05, 0.1) is 6.10 Å².